The number of hydrogen-bond acceptors (Lipinski definition) is 4. The minimum Gasteiger partial charge on any atom is -0.497 e. The van der Waals surface area contributed by atoms with E-state index in [0.29, 0.717) is 36.3 Å². The van der Waals surface area contributed by atoms with Crippen LogP contribution in [0.4, 0.5) is 5.69 Å². The number of carboxylic acid groups (broad SMARTS) is 1. The molecule has 0 aliphatic rings. The molecule has 2 aromatic rings. The van der Waals surface area contributed by atoms with Crippen LogP contribution in [0.1, 0.15) is 41.6 Å². The highest BCUT2D eigenvalue weighted by Crippen LogP contribution is 2.15. The maximum Gasteiger partial charge on any atom is 0.303 e. The minimum absolute atomic E-state index is 0.0129. The van der Waals surface area contributed by atoms with Crippen molar-refractivity contribution >= 4 is 23.3 Å². The standard InChI is InChI=1S/C21H23NO5/c1-27-18-11-9-16(10-12-18)19(23)6-3-7-20(24)22-17-5-2-4-15(14-17)8-13-21(25)26/h2,4-5,9-12,14H,3,6-8,13H2,1H3,(H,22,24)(H,25,26). The molecule has 0 fully saturated rings. The van der Waals surface area contributed by atoms with Crippen molar-refractivity contribution in [2.45, 2.75) is 32.1 Å². The Morgan fingerprint density at radius 3 is 2.41 bits per heavy atom. The Bertz CT molecular complexity index is 798. The summed E-state index contributed by atoms with van der Waals surface area (Å²) in [6.07, 6.45) is 1.44. The Hall–Kier alpha value is -3.15. The maximum absolute atomic E-state index is 12.1. The monoisotopic (exact) mass is 369 g/mol. The van der Waals surface area contributed by atoms with Crippen LogP contribution in [-0.2, 0) is 16.0 Å². The first-order valence-corrected chi connectivity index (χ1v) is 8.76. The lowest BCUT2D eigenvalue weighted by Crippen LogP contribution is -2.12. The first-order valence-electron chi connectivity index (χ1n) is 8.76. The number of carbonyl (C=O) groups is 3. The number of nitrogens with one attached hydrogen (secondary N) is 1. The number of hydrogen-bond donors (Lipinski definition) is 2. The third-order valence-electron chi connectivity index (χ3n) is 4.06. The van der Waals surface area contributed by atoms with Gasteiger partial charge in [0.15, 0.2) is 5.78 Å². The summed E-state index contributed by atoms with van der Waals surface area (Å²) in [5.41, 5.74) is 2.08. The van der Waals surface area contributed by atoms with Gasteiger partial charge in [-0.05, 0) is 54.8 Å². The molecule has 142 valence electrons. The molecule has 0 atom stereocenters. The molecule has 6 nitrogen and oxygen atoms in total. The number of carbonyl (C=O) groups excluding carboxylic acids is 2. The fourth-order valence-corrected chi connectivity index (χ4v) is 2.61. The third kappa shape index (κ3) is 6.93. The zero-order chi connectivity index (χ0) is 19.6. The number of aliphatic carboxylic acids is 1. The Morgan fingerprint density at radius 1 is 1.00 bits per heavy atom. The van der Waals surface area contributed by atoms with Crippen LogP contribution in [-0.4, -0.2) is 29.9 Å². The topological polar surface area (TPSA) is 92.7 Å². The normalized spacial score (nSPS) is 10.3. The summed E-state index contributed by atoms with van der Waals surface area (Å²) in [7, 11) is 1.57. The molecule has 0 aromatic heterocycles. The number of Topliss-reactive ketones (excluding diaryl/α,β-unsaturated/α-hetero) is 1. The Morgan fingerprint density at radius 2 is 1.74 bits per heavy atom. The van der Waals surface area contributed by atoms with Gasteiger partial charge in [0.2, 0.25) is 5.91 Å². The fourth-order valence-electron chi connectivity index (χ4n) is 2.61. The van der Waals surface area contributed by atoms with E-state index in [0.717, 1.165) is 5.56 Å². The van der Waals surface area contributed by atoms with Crippen molar-refractivity contribution in [1.82, 2.24) is 0 Å². The summed E-state index contributed by atoms with van der Waals surface area (Å²) >= 11 is 0. The lowest BCUT2D eigenvalue weighted by molar-refractivity contribution is -0.137. The van der Waals surface area contributed by atoms with Crippen LogP contribution in [0.2, 0.25) is 0 Å². The predicted octanol–water partition coefficient (Wildman–Crippen LogP) is 3.70. The molecule has 0 spiro atoms. The molecule has 0 bridgehead atoms. The summed E-state index contributed by atoms with van der Waals surface area (Å²) in [4.78, 5) is 34.8. The molecule has 0 aliphatic carbocycles. The second kappa shape index (κ2) is 10.1. The van der Waals surface area contributed by atoms with E-state index in [1.807, 2.05) is 6.07 Å². The number of anilines is 1. The van der Waals surface area contributed by atoms with Crippen molar-refractivity contribution in [1.29, 1.82) is 0 Å². The number of ether oxygens (including phenoxy) is 1. The quantitative estimate of drug-likeness (QED) is 0.623. The van der Waals surface area contributed by atoms with Gasteiger partial charge in [0, 0.05) is 30.5 Å². The molecule has 27 heavy (non-hydrogen) atoms. The van der Waals surface area contributed by atoms with Crippen molar-refractivity contribution in [2.75, 3.05) is 12.4 Å². The number of aryl methyl sites for hydroxylation is 1. The van der Waals surface area contributed by atoms with Gasteiger partial charge in [-0.2, -0.15) is 0 Å². The summed E-state index contributed by atoms with van der Waals surface area (Å²) in [5, 5.41) is 11.5. The van der Waals surface area contributed by atoms with Gasteiger partial charge in [0.25, 0.3) is 0 Å². The van der Waals surface area contributed by atoms with Crippen LogP contribution < -0.4 is 10.1 Å². The highest BCUT2D eigenvalue weighted by atomic mass is 16.5. The van der Waals surface area contributed by atoms with Crippen LogP contribution in [0.25, 0.3) is 0 Å². The summed E-state index contributed by atoms with van der Waals surface area (Å²) in [6, 6.07) is 14.0. The average molecular weight is 369 g/mol. The van der Waals surface area contributed by atoms with Crippen molar-refractivity contribution in [3.05, 3.63) is 59.7 Å². The van der Waals surface area contributed by atoms with Crippen molar-refractivity contribution in [3.8, 4) is 5.75 Å². The van der Waals surface area contributed by atoms with Crippen molar-refractivity contribution in [2.24, 2.45) is 0 Å². The van der Waals surface area contributed by atoms with Crippen molar-refractivity contribution < 1.29 is 24.2 Å². The van der Waals surface area contributed by atoms with Gasteiger partial charge in [-0.1, -0.05) is 12.1 Å². The average Bonchev–Trinajstić information content (AvgIpc) is 2.66. The molecule has 0 saturated heterocycles. The molecule has 0 radical (unpaired) electrons. The minimum atomic E-state index is -0.856. The van der Waals surface area contributed by atoms with E-state index in [1.54, 1.807) is 49.6 Å². The summed E-state index contributed by atoms with van der Waals surface area (Å²) in [6.45, 7) is 0. The van der Waals surface area contributed by atoms with E-state index in [2.05, 4.69) is 5.32 Å². The van der Waals surface area contributed by atoms with Crippen LogP contribution in [0, 0.1) is 0 Å². The molecule has 0 unspecified atom stereocenters. The Kier molecular flexibility index (Phi) is 7.55. The number of rotatable bonds is 10. The van der Waals surface area contributed by atoms with E-state index < -0.39 is 5.97 Å². The zero-order valence-corrected chi connectivity index (χ0v) is 15.2. The molecule has 6 heteroatoms. The first-order chi connectivity index (χ1) is 13.0. The van der Waals surface area contributed by atoms with E-state index >= 15 is 0 Å². The number of amides is 1. The van der Waals surface area contributed by atoms with Gasteiger partial charge in [0.05, 0.1) is 7.11 Å². The van der Waals surface area contributed by atoms with Gasteiger partial charge in [-0.25, -0.2) is 0 Å². The maximum atomic E-state index is 12.1. The van der Waals surface area contributed by atoms with Crippen LogP contribution >= 0.6 is 0 Å². The summed E-state index contributed by atoms with van der Waals surface area (Å²) < 4.78 is 5.06. The lowest BCUT2D eigenvalue weighted by atomic mass is 10.1. The largest absolute Gasteiger partial charge is 0.497 e. The van der Waals surface area contributed by atoms with Gasteiger partial charge in [-0.15, -0.1) is 0 Å². The van der Waals surface area contributed by atoms with Crippen molar-refractivity contribution in [3.63, 3.8) is 0 Å². The van der Waals surface area contributed by atoms with E-state index in [1.165, 1.54) is 0 Å². The zero-order valence-electron chi connectivity index (χ0n) is 15.2. The van der Waals surface area contributed by atoms with E-state index in [4.69, 9.17) is 9.84 Å². The lowest BCUT2D eigenvalue weighted by Gasteiger charge is -2.07. The van der Waals surface area contributed by atoms with Crippen LogP contribution in [0.5, 0.6) is 5.75 Å². The number of methoxy groups -OCH3 is 1. The van der Waals surface area contributed by atoms with E-state index in [9.17, 15) is 14.4 Å². The highest BCUT2D eigenvalue weighted by Gasteiger charge is 2.09. The molecule has 0 aliphatic heterocycles. The molecule has 2 N–H and O–H groups in total. The van der Waals surface area contributed by atoms with E-state index in [-0.39, 0.29) is 24.5 Å². The number of carboxylic acids is 1. The van der Waals surface area contributed by atoms with Gasteiger partial charge >= 0.3 is 5.97 Å². The molecule has 0 heterocycles. The second-order valence-electron chi connectivity index (χ2n) is 6.15. The third-order valence-corrected chi connectivity index (χ3v) is 4.06. The molecule has 2 rings (SSSR count). The highest BCUT2D eigenvalue weighted by molar-refractivity contribution is 5.96. The first kappa shape index (κ1) is 20.2. The molecular weight excluding hydrogens is 346 g/mol. The van der Waals surface area contributed by atoms with Gasteiger partial charge < -0.3 is 15.2 Å². The molecule has 2 aromatic carbocycles. The smallest absolute Gasteiger partial charge is 0.303 e. The van der Waals surface area contributed by atoms with Gasteiger partial charge in [0.1, 0.15) is 5.75 Å². The SMILES string of the molecule is COc1ccc(C(=O)CCCC(=O)Nc2cccc(CCC(=O)O)c2)cc1. The number of ketones is 1. The number of benzene rings is 2. The Balaban J connectivity index is 1.77. The molecule has 1 amide bonds. The Labute approximate surface area is 158 Å². The fraction of sp³-hybridized carbons (Fsp3) is 0.286. The van der Waals surface area contributed by atoms with Crippen LogP contribution in [0.15, 0.2) is 48.5 Å². The predicted molar refractivity (Wildman–Crippen MR) is 102 cm³/mol. The molecule has 0 saturated carbocycles. The summed E-state index contributed by atoms with van der Waals surface area (Å²) in [5.74, 6) is -0.350. The van der Waals surface area contributed by atoms with Crippen LogP contribution in [0.3, 0.4) is 0 Å². The van der Waals surface area contributed by atoms with Gasteiger partial charge in [-0.3, -0.25) is 14.4 Å². The second-order valence-corrected chi connectivity index (χ2v) is 6.15. The molecular formula is C21H23NO5.